The number of benzene rings is 2. The van der Waals surface area contributed by atoms with E-state index in [-0.39, 0.29) is 17.0 Å². The Balaban J connectivity index is 2.15. The summed E-state index contributed by atoms with van der Waals surface area (Å²) in [5.74, 6) is -1.03. The molecular weight excluding hydrogens is 353 g/mol. The van der Waals surface area contributed by atoms with Crippen molar-refractivity contribution in [3.05, 3.63) is 69.3 Å². The molecule has 0 fully saturated rings. The van der Waals surface area contributed by atoms with E-state index in [0.717, 1.165) is 12.1 Å². The van der Waals surface area contributed by atoms with Gasteiger partial charge in [-0.2, -0.15) is 0 Å². The van der Waals surface area contributed by atoms with Crippen molar-refractivity contribution in [2.45, 2.75) is 26.3 Å². The SMILES string of the molecule is Cc1cccc(C(=O)N[C@H](C)c2ccc(OC(F)(F)F)cc2)c1[N+](=O)[O-]. The maximum Gasteiger partial charge on any atom is 0.573 e. The lowest BCUT2D eigenvalue weighted by molar-refractivity contribution is -0.385. The molecule has 1 N–H and O–H groups in total. The Morgan fingerprint density at radius 3 is 2.35 bits per heavy atom. The largest absolute Gasteiger partial charge is 0.573 e. The van der Waals surface area contributed by atoms with Crippen LogP contribution >= 0.6 is 0 Å². The third-order valence-corrected chi connectivity index (χ3v) is 3.63. The Hall–Kier alpha value is -3.10. The van der Waals surface area contributed by atoms with Crippen LogP contribution < -0.4 is 10.1 Å². The van der Waals surface area contributed by atoms with E-state index in [0.29, 0.717) is 11.1 Å². The number of nitrogens with zero attached hydrogens (tertiary/aromatic N) is 1. The van der Waals surface area contributed by atoms with Crippen LogP contribution in [0.4, 0.5) is 18.9 Å². The molecule has 26 heavy (non-hydrogen) atoms. The van der Waals surface area contributed by atoms with Gasteiger partial charge in [0.25, 0.3) is 11.6 Å². The number of carbonyl (C=O) groups is 1. The Morgan fingerprint density at radius 1 is 1.19 bits per heavy atom. The Labute approximate surface area is 146 Å². The highest BCUT2D eigenvalue weighted by Gasteiger charge is 2.31. The van der Waals surface area contributed by atoms with Gasteiger partial charge in [-0.3, -0.25) is 14.9 Å². The first-order valence-corrected chi connectivity index (χ1v) is 7.49. The zero-order valence-corrected chi connectivity index (χ0v) is 13.8. The van der Waals surface area contributed by atoms with Crippen molar-refractivity contribution in [1.82, 2.24) is 5.32 Å². The standard InChI is InChI=1S/C17H15F3N2O4/c1-10-4-3-5-14(15(10)22(24)25)16(23)21-11(2)12-6-8-13(9-7-12)26-17(18,19)20/h3-9,11H,1-2H3,(H,21,23)/t11-/m1/s1. The molecule has 1 atom stereocenters. The minimum Gasteiger partial charge on any atom is -0.406 e. The number of nitro benzene ring substituents is 1. The molecule has 0 bridgehead atoms. The second kappa shape index (κ2) is 7.42. The summed E-state index contributed by atoms with van der Waals surface area (Å²) >= 11 is 0. The number of alkyl halides is 3. The van der Waals surface area contributed by atoms with Gasteiger partial charge in [-0.05, 0) is 37.6 Å². The van der Waals surface area contributed by atoms with Gasteiger partial charge in [-0.25, -0.2) is 0 Å². The number of hydrogen-bond acceptors (Lipinski definition) is 4. The first-order chi connectivity index (χ1) is 12.1. The molecule has 2 aromatic carbocycles. The molecule has 138 valence electrons. The van der Waals surface area contributed by atoms with Gasteiger partial charge in [0, 0.05) is 5.56 Å². The Kier molecular flexibility index (Phi) is 5.49. The summed E-state index contributed by atoms with van der Waals surface area (Å²) < 4.78 is 40.3. The quantitative estimate of drug-likeness (QED) is 0.630. The van der Waals surface area contributed by atoms with Crippen LogP contribution in [0.2, 0.25) is 0 Å². The Morgan fingerprint density at radius 2 is 1.81 bits per heavy atom. The number of hydrogen-bond donors (Lipinski definition) is 1. The third kappa shape index (κ3) is 4.71. The van der Waals surface area contributed by atoms with Crippen LogP contribution in [-0.4, -0.2) is 17.2 Å². The molecule has 9 heteroatoms. The number of halogens is 3. The van der Waals surface area contributed by atoms with Crippen LogP contribution in [0.3, 0.4) is 0 Å². The molecule has 0 aliphatic carbocycles. The first kappa shape index (κ1) is 19.2. The average molecular weight is 368 g/mol. The van der Waals surface area contributed by atoms with Crippen molar-refractivity contribution in [1.29, 1.82) is 0 Å². The number of nitro groups is 1. The van der Waals surface area contributed by atoms with Crippen LogP contribution in [0.5, 0.6) is 5.75 Å². The lowest BCUT2D eigenvalue weighted by Crippen LogP contribution is -2.27. The molecule has 0 spiro atoms. The van der Waals surface area contributed by atoms with Crippen LogP contribution in [-0.2, 0) is 0 Å². The number of nitrogens with one attached hydrogen (secondary N) is 1. The molecule has 0 aliphatic rings. The Bertz CT molecular complexity index is 820. The molecule has 6 nitrogen and oxygen atoms in total. The predicted molar refractivity (Wildman–Crippen MR) is 86.8 cm³/mol. The fourth-order valence-corrected chi connectivity index (χ4v) is 2.40. The van der Waals surface area contributed by atoms with Gasteiger partial charge < -0.3 is 10.1 Å². The molecule has 0 saturated heterocycles. The lowest BCUT2D eigenvalue weighted by atomic mass is 10.1. The second-order valence-corrected chi connectivity index (χ2v) is 5.54. The summed E-state index contributed by atoms with van der Waals surface area (Å²) in [7, 11) is 0. The van der Waals surface area contributed by atoms with Crippen molar-refractivity contribution < 1.29 is 27.6 Å². The van der Waals surface area contributed by atoms with Crippen LogP contribution in [0, 0.1) is 17.0 Å². The maximum atomic E-state index is 12.4. The normalized spacial score (nSPS) is 12.3. The number of amides is 1. The van der Waals surface area contributed by atoms with Crippen molar-refractivity contribution in [3.63, 3.8) is 0 Å². The zero-order valence-electron chi connectivity index (χ0n) is 13.8. The fraction of sp³-hybridized carbons (Fsp3) is 0.235. The minimum atomic E-state index is -4.79. The van der Waals surface area contributed by atoms with Crippen LogP contribution in [0.25, 0.3) is 0 Å². The number of para-hydroxylation sites is 1. The molecule has 2 rings (SSSR count). The van der Waals surface area contributed by atoms with Crippen molar-refractivity contribution >= 4 is 11.6 Å². The second-order valence-electron chi connectivity index (χ2n) is 5.54. The number of ether oxygens (including phenoxy) is 1. The van der Waals surface area contributed by atoms with Gasteiger partial charge in [0.2, 0.25) is 0 Å². The van der Waals surface area contributed by atoms with Gasteiger partial charge in [0.15, 0.2) is 0 Å². The van der Waals surface area contributed by atoms with Crippen LogP contribution in [0.15, 0.2) is 42.5 Å². The van der Waals surface area contributed by atoms with Crippen molar-refractivity contribution in [3.8, 4) is 5.75 Å². The first-order valence-electron chi connectivity index (χ1n) is 7.49. The minimum absolute atomic E-state index is 0.0844. The number of aryl methyl sites for hydroxylation is 1. The molecular formula is C17H15F3N2O4. The van der Waals surface area contributed by atoms with Gasteiger partial charge in [0.1, 0.15) is 11.3 Å². The van der Waals surface area contributed by atoms with E-state index < -0.39 is 23.2 Å². The number of carbonyl (C=O) groups excluding carboxylic acids is 1. The molecule has 0 heterocycles. The summed E-state index contributed by atoms with van der Waals surface area (Å²) in [6, 6.07) is 8.81. The lowest BCUT2D eigenvalue weighted by Gasteiger charge is -2.16. The number of rotatable bonds is 5. The van der Waals surface area contributed by atoms with Crippen molar-refractivity contribution in [2.75, 3.05) is 0 Å². The van der Waals surface area contributed by atoms with E-state index in [9.17, 15) is 28.1 Å². The van der Waals surface area contributed by atoms with Gasteiger partial charge in [-0.1, -0.05) is 24.3 Å². The summed E-state index contributed by atoms with van der Waals surface area (Å²) in [6.45, 7) is 3.14. The molecule has 0 unspecified atom stereocenters. The molecule has 0 saturated carbocycles. The predicted octanol–water partition coefficient (Wildman–Crippen LogP) is 4.29. The van der Waals surface area contributed by atoms with E-state index in [1.807, 2.05) is 0 Å². The maximum absolute atomic E-state index is 12.4. The average Bonchev–Trinajstić information content (AvgIpc) is 2.53. The van der Waals surface area contributed by atoms with Crippen LogP contribution in [0.1, 0.15) is 34.5 Å². The van der Waals surface area contributed by atoms with Gasteiger partial charge in [-0.15, -0.1) is 13.2 Å². The summed E-state index contributed by atoms with van der Waals surface area (Å²) in [6.07, 6.45) is -4.79. The topological polar surface area (TPSA) is 81.5 Å². The van der Waals surface area contributed by atoms with Crippen molar-refractivity contribution in [2.24, 2.45) is 0 Å². The van der Waals surface area contributed by atoms with E-state index in [4.69, 9.17) is 0 Å². The molecule has 0 aromatic heterocycles. The molecule has 2 aromatic rings. The zero-order chi connectivity index (χ0) is 19.5. The highest BCUT2D eigenvalue weighted by molar-refractivity contribution is 5.98. The van der Waals surface area contributed by atoms with E-state index >= 15 is 0 Å². The molecule has 1 amide bonds. The van der Waals surface area contributed by atoms with Gasteiger partial charge in [0.05, 0.1) is 11.0 Å². The van der Waals surface area contributed by atoms with Gasteiger partial charge >= 0.3 is 6.36 Å². The van der Waals surface area contributed by atoms with E-state index in [1.54, 1.807) is 6.92 Å². The fourth-order valence-electron chi connectivity index (χ4n) is 2.40. The summed E-state index contributed by atoms with van der Waals surface area (Å²) in [4.78, 5) is 22.9. The summed E-state index contributed by atoms with van der Waals surface area (Å²) in [5, 5.41) is 13.8. The van der Waals surface area contributed by atoms with E-state index in [1.165, 1.54) is 37.3 Å². The monoisotopic (exact) mass is 368 g/mol. The molecule has 0 aliphatic heterocycles. The molecule has 0 radical (unpaired) electrons. The smallest absolute Gasteiger partial charge is 0.406 e. The summed E-state index contributed by atoms with van der Waals surface area (Å²) in [5.41, 5.74) is 0.497. The highest BCUT2D eigenvalue weighted by Crippen LogP contribution is 2.26. The third-order valence-electron chi connectivity index (χ3n) is 3.63. The van der Waals surface area contributed by atoms with E-state index in [2.05, 4.69) is 10.1 Å². The highest BCUT2D eigenvalue weighted by atomic mass is 19.4.